The van der Waals surface area contributed by atoms with Crippen LogP contribution < -0.4 is 10.2 Å². The van der Waals surface area contributed by atoms with E-state index in [1.807, 2.05) is 42.5 Å². The third kappa shape index (κ3) is 4.77. The summed E-state index contributed by atoms with van der Waals surface area (Å²) in [7, 11) is -3.56. The molecule has 2 aliphatic rings. The van der Waals surface area contributed by atoms with Gasteiger partial charge in [-0.15, -0.1) is 0 Å². The van der Waals surface area contributed by atoms with Gasteiger partial charge in [-0.05, 0) is 55.3 Å². The fourth-order valence-corrected chi connectivity index (χ4v) is 5.97. The van der Waals surface area contributed by atoms with E-state index in [-0.39, 0.29) is 16.7 Å². The Labute approximate surface area is 199 Å². The molecular formula is C25H28N4O4S. The summed E-state index contributed by atoms with van der Waals surface area (Å²) in [5, 5.41) is 3.78. The van der Waals surface area contributed by atoms with E-state index in [2.05, 4.69) is 10.2 Å². The zero-order chi connectivity index (χ0) is 23.5. The van der Waals surface area contributed by atoms with Crippen LogP contribution in [0.15, 0.2) is 65.6 Å². The maximum atomic E-state index is 13.0. The van der Waals surface area contributed by atoms with Gasteiger partial charge in [0.05, 0.1) is 29.5 Å². The Morgan fingerprint density at radius 3 is 2.59 bits per heavy atom. The molecule has 1 amide bonds. The molecule has 5 rings (SSSR count). The number of piperidine rings is 1. The predicted molar refractivity (Wildman–Crippen MR) is 131 cm³/mol. The Hall–Kier alpha value is -3.01. The Morgan fingerprint density at radius 2 is 1.79 bits per heavy atom. The van der Waals surface area contributed by atoms with Gasteiger partial charge in [0.2, 0.25) is 15.9 Å². The lowest BCUT2D eigenvalue weighted by Crippen LogP contribution is -2.41. The van der Waals surface area contributed by atoms with Crippen LogP contribution in [0.5, 0.6) is 0 Å². The highest BCUT2D eigenvalue weighted by atomic mass is 32.2. The molecule has 34 heavy (non-hydrogen) atoms. The summed E-state index contributed by atoms with van der Waals surface area (Å²) in [6.45, 7) is 2.99. The van der Waals surface area contributed by atoms with Crippen molar-refractivity contribution in [3.05, 3.63) is 60.7 Å². The van der Waals surface area contributed by atoms with Crippen LogP contribution in [0.2, 0.25) is 0 Å². The number of carbonyl (C=O) groups is 1. The van der Waals surface area contributed by atoms with E-state index >= 15 is 0 Å². The van der Waals surface area contributed by atoms with Gasteiger partial charge < -0.3 is 15.0 Å². The third-order valence-corrected chi connectivity index (χ3v) is 8.31. The molecule has 0 aliphatic carbocycles. The lowest BCUT2D eigenvalue weighted by molar-refractivity contribution is -0.120. The van der Waals surface area contributed by atoms with Crippen molar-refractivity contribution >= 4 is 38.3 Å². The molecule has 3 heterocycles. The number of sulfonamides is 1. The highest BCUT2D eigenvalue weighted by Gasteiger charge is 2.28. The van der Waals surface area contributed by atoms with Gasteiger partial charge in [0.25, 0.3) is 0 Å². The summed E-state index contributed by atoms with van der Waals surface area (Å²) in [5.74, 6) is 0.704. The fraction of sp³-hybridized carbons (Fsp3) is 0.360. The van der Waals surface area contributed by atoms with Gasteiger partial charge >= 0.3 is 0 Å². The summed E-state index contributed by atoms with van der Waals surface area (Å²) in [6, 6.07) is 18.4. The highest BCUT2D eigenvalue weighted by Crippen LogP contribution is 2.27. The maximum Gasteiger partial charge on any atom is 0.243 e. The number of nitrogens with zero attached hydrogens (tertiary/aromatic N) is 3. The van der Waals surface area contributed by atoms with E-state index in [0.29, 0.717) is 32.8 Å². The van der Waals surface area contributed by atoms with E-state index in [4.69, 9.17) is 9.72 Å². The standard InChI is InChI=1S/C25H28N4O4S/c30-25(26-21-6-2-1-3-7-21)20-5-4-12-28(18-20)24-11-8-19-17-22(9-10-23(19)27-24)34(31,32)29-13-15-33-16-14-29/h1-3,6-11,17,20H,4-5,12-16,18H2,(H,26,30). The highest BCUT2D eigenvalue weighted by molar-refractivity contribution is 7.89. The molecule has 2 aromatic carbocycles. The largest absolute Gasteiger partial charge is 0.379 e. The molecule has 1 atom stereocenters. The molecule has 1 unspecified atom stereocenters. The number of amides is 1. The molecule has 0 radical (unpaired) electrons. The topological polar surface area (TPSA) is 91.8 Å². The zero-order valence-electron chi connectivity index (χ0n) is 18.9. The maximum absolute atomic E-state index is 13.0. The van der Waals surface area contributed by atoms with Crippen LogP contribution in [0.3, 0.4) is 0 Å². The molecule has 1 N–H and O–H groups in total. The Bertz CT molecular complexity index is 1280. The van der Waals surface area contributed by atoms with E-state index in [1.54, 1.807) is 18.2 Å². The van der Waals surface area contributed by atoms with Crippen LogP contribution in [0, 0.1) is 5.92 Å². The van der Waals surface area contributed by atoms with Crippen molar-refractivity contribution in [2.75, 3.05) is 49.6 Å². The first-order valence-electron chi connectivity index (χ1n) is 11.6. The molecule has 2 saturated heterocycles. The number of pyridine rings is 1. The van der Waals surface area contributed by atoms with Crippen LogP contribution in [0.25, 0.3) is 10.9 Å². The smallest absolute Gasteiger partial charge is 0.243 e. The predicted octanol–water partition coefficient (Wildman–Crippen LogP) is 3.11. The second kappa shape index (κ2) is 9.69. The van der Waals surface area contributed by atoms with E-state index in [9.17, 15) is 13.2 Å². The summed E-state index contributed by atoms with van der Waals surface area (Å²) in [5.41, 5.74) is 1.53. The fourth-order valence-electron chi connectivity index (χ4n) is 4.53. The minimum atomic E-state index is -3.56. The summed E-state index contributed by atoms with van der Waals surface area (Å²) >= 11 is 0. The molecule has 1 aromatic heterocycles. The number of anilines is 2. The molecule has 8 nitrogen and oxygen atoms in total. The first kappa shape index (κ1) is 22.8. The number of aromatic nitrogens is 1. The van der Waals surface area contributed by atoms with Crippen LogP contribution in [-0.4, -0.2) is 63.0 Å². The van der Waals surface area contributed by atoms with Gasteiger partial charge in [0, 0.05) is 37.3 Å². The number of carbonyl (C=O) groups excluding carboxylic acids is 1. The molecule has 2 fully saturated rings. The van der Waals surface area contributed by atoms with Crippen LogP contribution in [0.4, 0.5) is 11.5 Å². The van der Waals surface area contributed by atoms with Gasteiger partial charge in [-0.3, -0.25) is 4.79 Å². The number of benzene rings is 2. The second-order valence-electron chi connectivity index (χ2n) is 8.68. The SMILES string of the molecule is O=C(Nc1ccccc1)C1CCCN(c2ccc3cc(S(=O)(=O)N4CCOCC4)ccc3n2)C1. The minimum absolute atomic E-state index is 0.0228. The van der Waals surface area contributed by atoms with Gasteiger partial charge in [0.1, 0.15) is 5.82 Å². The minimum Gasteiger partial charge on any atom is -0.379 e. The summed E-state index contributed by atoms with van der Waals surface area (Å²) in [6.07, 6.45) is 1.74. The van der Waals surface area contributed by atoms with Crippen molar-refractivity contribution in [1.29, 1.82) is 0 Å². The third-order valence-electron chi connectivity index (χ3n) is 6.41. The number of rotatable bonds is 5. The molecule has 3 aromatic rings. The molecule has 0 saturated carbocycles. The molecule has 178 valence electrons. The number of para-hydroxylation sites is 1. The summed E-state index contributed by atoms with van der Waals surface area (Å²) < 4.78 is 32.7. The average Bonchev–Trinajstić information content (AvgIpc) is 2.89. The molecule has 9 heteroatoms. The van der Waals surface area contributed by atoms with Gasteiger partial charge in [-0.1, -0.05) is 18.2 Å². The molecule has 2 aliphatic heterocycles. The van der Waals surface area contributed by atoms with Crippen molar-refractivity contribution in [3.8, 4) is 0 Å². The Balaban J connectivity index is 1.32. The molecule has 0 spiro atoms. The first-order chi connectivity index (χ1) is 16.5. The number of nitrogens with one attached hydrogen (secondary N) is 1. The van der Waals surface area contributed by atoms with Crippen LogP contribution in [0.1, 0.15) is 12.8 Å². The second-order valence-corrected chi connectivity index (χ2v) is 10.6. The van der Waals surface area contributed by atoms with Gasteiger partial charge in [-0.25, -0.2) is 13.4 Å². The quantitative estimate of drug-likeness (QED) is 0.603. The van der Waals surface area contributed by atoms with Crippen LogP contribution >= 0.6 is 0 Å². The van der Waals surface area contributed by atoms with E-state index in [1.165, 1.54) is 4.31 Å². The normalized spacial score (nSPS) is 19.8. The lowest BCUT2D eigenvalue weighted by atomic mass is 9.97. The van der Waals surface area contributed by atoms with Crippen molar-refractivity contribution in [2.24, 2.45) is 5.92 Å². The van der Waals surface area contributed by atoms with Gasteiger partial charge in [0.15, 0.2) is 0 Å². The Kier molecular flexibility index (Phi) is 6.49. The summed E-state index contributed by atoms with van der Waals surface area (Å²) in [4.78, 5) is 20.0. The van der Waals surface area contributed by atoms with Gasteiger partial charge in [-0.2, -0.15) is 4.31 Å². The first-order valence-corrected chi connectivity index (χ1v) is 13.0. The van der Waals surface area contributed by atoms with Crippen molar-refractivity contribution < 1.29 is 17.9 Å². The van der Waals surface area contributed by atoms with Crippen molar-refractivity contribution in [3.63, 3.8) is 0 Å². The Morgan fingerprint density at radius 1 is 1.00 bits per heavy atom. The number of morpholine rings is 1. The number of ether oxygens (including phenoxy) is 1. The number of hydrogen-bond acceptors (Lipinski definition) is 6. The van der Waals surface area contributed by atoms with E-state index < -0.39 is 10.0 Å². The van der Waals surface area contributed by atoms with Crippen molar-refractivity contribution in [2.45, 2.75) is 17.7 Å². The number of hydrogen-bond donors (Lipinski definition) is 1. The zero-order valence-corrected chi connectivity index (χ0v) is 19.7. The van der Waals surface area contributed by atoms with Crippen molar-refractivity contribution in [1.82, 2.24) is 9.29 Å². The molecule has 0 bridgehead atoms. The number of fused-ring (bicyclic) bond motifs is 1. The monoisotopic (exact) mass is 480 g/mol. The molecular weight excluding hydrogens is 452 g/mol. The van der Waals surface area contributed by atoms with Crippen LogP contribution in [-0.2, 0) is 19.6 Å². The lowest BCUT2D eigenvalue weighted by Gasteiger charge is -2.33. The average molecular weight is 481 g/mol. The van der Waals surface area contributed by atoms with E-state index in [0.717, 1.165) is 41.8 Å².